The van der Waals surface area contributed by atoms with Crippen LogP contribution in [-0.4, -0.2) is 55.9 Å². The Balaban J connectivity index is 2.63. The Labute approximate surface area is 121 Å². The van der Waals surface area contributed by atoms with Crippen LogP contribution in [0.5, 0.6) is 0 Å². The van der Waals surface area contributed by atoms with Crippen molar-refractivity contribution >= 4 is 17.4 Å². The Hall–Kier alpha value is -0.900. The van der Waals surface area contributed by atoms with Gasteiger partial charge in [0.05, 0.1) is 11.6 Å². The van der Waals surface area contributed by atoms with E-state index < -0.39 is 0 Å². The first-order valence-corrected chi connectivity index (χ1v) is 7.07. The molecule has 0 atom stereocenters. The Morgan fingerprint density at radius 3 is 2.42 bits per heavy atom. The summed E-state index contributed by atoms with van der Waals surface area (Å²) in [6.45, 7) is 5.35. The SMILES string of the molecule is CCCN(CCN(C)C)CC(=O)c1ccccc1Cl. The second-order valence-electron chi connectivity index (χ2n) is 4.98. The summed E-state index contributed by atoms with van der Waals surface area (Å²) in [4.78, 5) is 16.6. The first-order chi connectivity index (χ1) is 9.04. The van der Waals surface area contributed by atoms with E-state index in [2.05, 4.69) is 16.7 Å². The molecule has 0 saturated heterocycles. The molecule has 0 heterocycles. The van der Waals surface area contributed by atoms with Crippen LogP contribution in [0, 0.1) is 0 Å². The molecule has 0 bridgehead atoms. The molecule has 3 nitrogen and oxygen atoms in total. The van der Waals surface area contributed by atoms with Crippen molar-refractivity contribution < 1.29 is 4.79 Å². The van der Waals surface area contributed by atoms with E-state index in [9.17, 15) is 4.79 Å². The van der Waals surface area contributed by atoms with Gasteiger partial charge in [-0.2, -0.15) is 0 Å². The molecule has 1 aromatic carbocycles. The lowest BCUT2D eigenvalue weighted by atomic mass is 10.1. The molecule has 0 radical (unpaired) electrons. The first-order valence-electron chi connectivity index (χ1n) is 6.69. The summed E-state index contributed by atoms with van der Waals surface area (Å²) >= 11 is 6.06. The zero-order chi connectivity index (χ0) is 14.3. The molecule has 0 fully saturated rings. The molecule has 0 unspecified atom stereocenters. The second kappa shape index (κ2) is 8.31. The van der Waals surface area contributed by atoms with Gasteiger partial charge < -0.3 is 4.90 Å². The van der Waals surface area contributed by atoms with Gasteiger partial charge in [-0.25, -0.2) is 0 Å². The number of likely N-dealkylation sites (N-methyl/N-ethyl adjacent to an activating group) is 1. The maximum atomic E-state index is 12.3. The predicted octanol–water partition coefficient (Wildman–Crippen LogP) is 2.80. The van der Waals surface area contributed by atoms with Crippen LogP contribution in [0.4, 0.5) is 0 Å². The number of ketones is 1. The Bertz CT molecular complexity index is 407. The van der Waals surface area contributed by atoms with E-state index >= 15 is 0 Å². The molecule has 0 spiro atoms. The number of Topliss-reactive ketones (excluding diaryl/α,β-unsaturated/α-hetero) is 1. The molecular formula is C15H23ClN2O. The fourth-order valence-corrected chi connectivity index (χ4v) is 2.14. The first kappa shape index (κ1) is 16.2. The molecule has 19 heavy (non-hydrogen) atoms. The summed E-state index contributed by atoms with van der Waals surface area (Å²) in [5.74, 6) is 0.0952. The fraction of sp³-hybridized carbons (Fsp3) is 0.533. The summed E-state index contributed by atoms with van der Waals surface area (Å²) < 4.78 is 0. The summed E-state index contributed by atoms with van der Waals surface area (Å²) in [5, 5.41) is 0.538. The molecule has 0 saturated carbocycles. The lowest BCUT2D eigenvalue weighted by molar-refractivity contribution is 0.0925. The van der Waals surface area contributed by atoms with Crippen molar-refractivity contribution in [3.63, 3.8) is 0 Å². The normalized spacial score (nSPS) is 11.3. The second-order valence-corrected chi connectivity index (χ2v) is 5.39. The summed E-state index contributed by atoms with van der Waals surface area (Å²) in [6, 6.07) is 7.25. The van der Waals surface area contributed by atoms with E-state index in [0.717, 1.165) is 26.1 Å². The van der Waals surface area contributed by atoms with Gasteiger partial charge in [-0.1, -0.05) is 30.7 Å². The molecule has 106 valence electrons. The van der Waals surface area contributed by atoms with Crippen LogP contribution in [0.15, 0.2) is 24.3 Å². The van der Waals surface area contributed by atoms with Crippen LogP contribution >= 0.6 is 11.6 Å². The van der Waals surface area contributed by atoms with Gasteiger partial charge in [-0.3, -0.25) is 9.69 Å². The molecule has 0 aliphatic rings. The fourth-order valence-electron chi connectivity index (χ4n) is 1.90. The minimum atomic E-state index is 0.0952. The summed E-state index contributed by atoms with van der Waals surface area (Å²) in [5.41, 5.74) is 0.620. The van der Waals surface area contributed by atoms with E-state index in [0.29, 0.717) is 17.1 Å². The minimum Gasteiger partial charge on any atom is -0.308 e. The van der Waals surface area contributed by atoms with Crippen LogP contribution in [0.1, 0.15) is 23.7 Å². The molecule has 4 heteroatoms. The maximum Gasteiger partial charge on any atom is 0.178 e. The highest BCUT2D eigenvalue weighted by Crippen LogP contribution is 2.15. The zero-order valence-corrected chi connectivity index (χ0v) is 12.8. The van der Waals surface area contributed by atoms with Crippen LogP contribution in [0.25, 0.3) is 0 Å². The van der Waals surface area contributed by atoms with Crippen molar-refractivity contribution in [2.75, 3.05) is 40.3 Å². The minimum absolute atomic E-state index is 0.0952. The number of carbonyl (C=O) groups is 1. The van der Waals surface area contributed by atoms with E-state index in [1.807, 2.05) is 26.2 Å². The van der Waals surface area contributed by atoms with Gasteiger partial charge in [0.15, 0.2) is 5.78 Å². The third-order valence-corrected chi connectivity index (χ3v) is 3.27. The van der Waals surface area contributed by atoms with Crippen LogP contribution < -0.4 is 0 Å². The van der Waals surface area contributed by atoms with Crippen molar-refractivity contribution in [3.8, 4) is 0 Å². The number of rotatable bonds is 8. The molecule has 0 amide bonds. The van der Waals surface area contributed by atoms with Crippen molar-refractivity contribution in [3.05, 3.63) is 34.9 Å². The number of benzene rings is 1. The maximum absolute atomic E-state index is 12.3. The zero-order valence-electron chi connectivity index (χ0n) is 12.0. The van der Waals surface area contributed by atoms with Gasteiger partial charge in [0.1, 0.15) is 0 Å². The summed E-state index contributed by atoms with van der Waals surface area (Å²) in [7, 11) is 4.08. The molecule has 0 aromatic heterocycles. The third-order valence-electron chi connectivity index (χ3n) is 2.94. The number of hydrogen-bond acceptors (Lipinski definition) is 3. The van der Waals surface area contributed by atoms with Gasteiger partial charge in [0.2, 0.25) is 0 Å². The van der Waals surface area contributed by atoms with Crippen molar-refractivity contribution in [2.24, 2.45) is 0 Å². The highest BCUT2D eigenvalue weighted by Gasteiger charge is 2.14. The largest absolute Gasteiger partial charge is 0.308 e. The molecular weight excluding hydrogens is 260 g/mol. The topological polar surface area (TPSA) is 23.6 Å². The van der Waals surface area contributed by atoms with E-state index in [4.69, 9.17) is 11.6 Å². The van der Waals surface area contributed by atoms with Crippen LogP contribution in [0.3, 0.4) is 0 Å². The quantitative estimate of drug-likeness (QED) is 0.685. The van der Waals surface area contributed by atoms with Crippen LogP contribution in [-0.2, 0) is 0 Å². The lowest BCUT2D eigenvalue weighted by Gasteiger charge is -2.23. The number of halogens is 1. The van der Waals surface area contributed by atoms with Gasteiger partial charge in [-0.05, 0) is 39.2 Å². The third kappa shape index (κ3) is 5.72. The monoisotopic (exact) mass is 282 g/mol. The average molecular weight is 283 g/mol. The molecule has 0 aliphatic carbocycles. The highest BCUT2D eigenvalue weighted by atomic mass is 35.5. The Morgan fingerprint density at radius 2 is 1.84 bits per heavy atom. The molecule has 0 aliphatic heterocycles. The van der Waals surface area contributed by atoms with Gasteiger partial charge in [0, 0.05) is 18.7 Å². The standard InChI is InChI=1S/C15H23ClN2O/c1-4-9-18(11-10-17(2)3)12-15(19)13-7-5-6-8-14(13)16/h5-8H,4,9-12H2,1-3H3. The van der Waals surface area contributed by atoms with Crippen molar-refractivity contribution in [1.82, 2.24) is 9.80 Å². The number of carbonyl (C=O) groups excluding carboxylic acids is 1. The Kier molecular flexibility index (Phi) is 7.06. The highest BCUT2D eigenvalue weighted by molar-refractivity contribution is 6.34. The van der Waals surface area contributed by atoms with E-state index in [-0.39, 0.29) is 5.78 Å². The summed E-state index contributed by atoms with van der Waals surface area (Å²) in [6.07, 6.45) is 1.04. The average Bonchev–Trinajstić information content (AvgIpc) is 2.36. The molecule has 1 rings (SSSR count). The van der Waals surface area contributed by atoms with Gasteiger partial charge >= 0.3 is 0 Å². The smallest absolute Gasteiger partial charge is 0.178 e. The number of hydrogen-bond donors (Lipinski definition) is 0. The predicted molar refractivity (Wildman–Crippen MR) is 81.1 cm³/mol. The number of nitrogens with zero attached hydrogens (tertiary/aromatic N) is 2. The molecule has 1 aromatic rings. The van der Waals surface area contributed by atoms with Crippen molar-refractivity contribution in [2.45, 2.75) is 13.3 Å². The van der Waals surface area contributed by atoms with Crippen molar-refractivity contribution in [1.29, 1.82) is 0 Å². The van der Waals surface area contributed by atoms with Gasteiger partial charge in [-0.15, -0.1) is 0 Å². The van der Waals surface area contributed by atoms with E-state index in [1.54, 1.807) is 12.1 Å². The molecule has 0 N–H and O–H groups in total. The Morgan fingerprint density at radius 1 is 1.16 bits per heavy atom. The lowest BCUT2D eigenvalue weighted by Crippen LogP contribution is -2.36. The van der Waals surface area contributed by atoms with E-state index in [1.165, 1.54) is 0 Å². The van der Waals surface area contributed by atoms with Gasteiger partial charge in [0.25, 0.3) is 0 Å². The van der Waals surface area contributed by atoms with Crippen LogP contribution in [0.2, 0.25) is 5.02 Å².